The molecule has 0 aliphatic carbocycles. The zero-order valence-electron chi connectivity index (χ0n) is 21.2. The van der Waals surface area contributed by atoms with Crippen LogP contribution in [-0.4, -0.2) is 55.5 Å². The minimum absolute atomic E-state index is 0.00572. The Balaban J connectivity index is 2.11. The average Bonchev–Trinajstić information content (AvgIpc) is 3.37. The molecular weight excluding hydrogens is 448 g/mol. The molecule has 0 saturated heterocycles. The first-order valence-corrected chi connectivity index (χ1v) is 13.2. The fourth-order valence-electron chi connectivity index (χ4n) is 3.77. The van der Waals surface area contributed by atoms with Crippen LogP contribution in [0.15, 0.2) is 35.7 Å². The number of rotatable bonds is 16. The van der Waals surface area contributed by atoms with Crippen LogP contribution in [-0.2, 0) is 22.6 Å². The Hall–Kier alpha value is -2.54. The minimum atomic E-state index is -0.00572. The summed E-state index contributed by atoms with van der Waals surface area (Å²) in [6.07, 6.45) is 6.10. The Morgan fingerprint density at radius 3 is 2.29 bits per heavy atom. The summed E-state index contributed by atoms with van der Waals surface area (Å²) >= 11 is 1.64. The topological polar surface area (TPSA) is 59.1 Å². The molecule has 1 heterocycles. The van der Waals surface area contributed by atoms with Gasteiger partial charge >= 0.3 is 0 Å². The predicted octanol–water partition coefficient (Wildman–Crippen LogP) is 5.55. The first kappa shape index (κ1) is 27.7. The second kappa shape index (κ2) is 15.4. The van der Waals surface area contributed by atoms with Crippen LogP contribution in [0.1, 0.15) is 62.8 Å². The summed E-state index contributed by atoms with van der Waals surface area (Å²) in [6.45, 7) is 6.13. The van der Waals surface area contributed by atoms with Crippen LogP contribution in [0.2, 0.25) is 0 Å². The summed E-state index contributed by atoms with van der Waals surface area (Å²) in [4.78, 5) is 31.0. The van der Waals surface area contributed by atoms with E-state index in [0.717, 1.165) is 42.5 Å². The molecule has 0 aliphatic rings. The van der Waals surface area contributed by atoms with Crippen molar-refractivity contribution < 1.29 is 19.1 Å². The Bertz CT molecular complexity index is 870. The number of methoxy groups -OCH3 is 2. The van der Waals surface area contributed by atoms with Crippen molar-refractivity contribution in [2.45, 2.75) is 65.3 Å². The van der Waals surface area contributed by atoms with E-state index < -0.39 is 0 Å². The summed E-state index contributed by atoms with van der Waals surface area (Å²) in [5.41, 5.74) is 1.07. The molecule has 7 heteroatoms. The SMILES string of the molecule is CCCCCC(=O)N(CCCC)CC(=O)N(CCc1ccc(OC)c(OC)c1)Cc1cccs1. The van der Waals surface area contributed by atoms with Crippen LogP contribution in [0.3, 0.4) is 0 Å². The molecule has 2 rings (SSSR count). The van der Waals surface area contributed by atoms with Gasteiger partial charge in [0, 0.05) is 24.4 Å². The van der Waals surface area contributed by atoms with Crippen LogP contribution in [0.4, 0.5) is 0 Å². The van der Waals surface area contributed by atoms with Crippen LogP contribution < -0.4 is 9.47 Å². The maximum atomic E-state index is 13.4. The molecule has 0 aliphatic heterocycles. The highest BCUT2D eigenvalue weighted by Gasteiger charge is 2.21. The van der Waals surface area contributed by atoms with Crippen molar-refractivity contribution in [1.29, 1.82) is 0 Å². The van der Waals surface area contributed by atoms with E-state index in [-0.39, 0.29) is 18.4 Å². The van der Waals surface area contributed by atoms with Gasteiger partial charge in [-0.15, -0.1) is 11.3 Å². The number of hydrogen-bond donors (Lipinski definition) is 0. The number of benzene rings is 1. The number of ether oxygens (including phenoxy) is 2. The number of hydrogen-bond acceptors (Lipinski definition) is 5. The molecule has 0 bridgehead atoms. The average molecular weight is 489 g/mol. The lowest BCUT2D eigenvalue weighted by molar-refractivity contribution is -0.141. The molecule has 0 radical (unpaired) electrons. The molecule has 2 amide bonds. The van der Waals surface area contributed by atoms with E-state index >= 15 is 0 Å². The molecule has 1 aromatic heterocycles. The number of thiophene rings is 1. The summed E-state index contributed by atoms with van der Waals surface area (Å²) in [6, 6.07) is 9.90. The molecule has 1 aromatic carbocycles. The highest BCUT2D eigenvalue weighted by Crippen LogP contribution is 2.28. The van der Waals surface area contributed by atoms with Crippen LogP contribution in [0.25, 0.3) is 0 Å². The Morgan fingerprint density at radius 2 is 1.65 bits per heavy atom. The van der Waals surface area contributed by atoms with Gasteiger partial charge in [-0.2, -0.15) is 0 Å². The molecule has 34 heavy (non-hydrogen) atoms. The maximum absolute atomic E-state index is 13.4. The second-order valence-electron chi connectivity index (χ2n) is 8.46. The number of carbonyl (C=O) groups is 2. The Labute approximate surface area is 208 Å². The van der Waals surface area contributed by atoms with Crippen LogP contribution in [0.5, 0.6) is 11.5 Å². The van der Waals surface area contributed by atoms with E-state index in [1.54, 1.807) is 30.5 Å². The quantitative estimate of drug-likeness (QED) is 0.291. The predicted molar refractivity (Wildman–Crippen MR) is 139 cm³/mol. The second-order valence-corrected chi connectivity index (χ2v) is 9.49. The van der Waals surface area contributed by atoms with Crippen molar-refractivity contribution >= 4 is 23.2 Å². The number of carbonyl (C=O) groups excluding carboxylic acids is 2. The van der Waals surface area contributed by atoms with Gasteiger partial charge in [0.05, 0.1) is 27.3 Å². The van der Waals surface area contributed by atoms with Gasteiger partial charge in [0.2, 0.25) is 11.8 Å². The number of unbranched alkanes of at least 4 members (excludes halogenated alkanes) is 3. The fraction of sp³-hybridized carbons (Fsp3) is 0.556. The lowest BCUT2D eigenvalue weighted by atomic mass is 10.1. The van der Waals surface area contributed by atoms with Crippen molar-refractivity contribution in [3.63, 3.8) is 0 Å². The molecule has 0 unspecified atom stereocenters. The summed E-state index contributed by atoms with van der Waals surface area (Å²) in [7, 11) is 3.24. The highest BCUT2D eigenvalue weighted by molar-refractivity contribution is 7.09. The van der Waals surface area contributed by atoms with E-state index in [4.69, 9.17) is 9.47 Å². The number of amides is 2. The van der Waals surface area contributed by atoms with Crippen molar-refractivity contribution in [2.75, 3.05) is 33.9 Å². The smallest absolute Gasteiger partial charge is 0.242 e. The van der Waals surface area contributed by atoms with Gasteiger partial charge in [-0.25, -0.2) is 0 Å². The molecule has 0 fully saturated rings. The monoisotopic (exact) mass is 488 g/mol. The van der Waals surface area contributed by atoms with Crippen molar-refractivity contribution in [1.82, 2.24) is 9.80 Å². The van der Waals surface area contributed by atoms with E-state index in [2.05, 4.69) is 13.8 Å². The van der Waals surface area contributed by atoms with Crippen LogP contribution in [0, 0.1) is 0 Å². The van der Waals surface area contributed by atoms with Crippen LogP contribution >= 0.6 is 11.3 Å². The van der Waals surface area contributed by atoms with E-state index in [1.165, 1.54) is 0 Å². The highest BCUT2D eigenvalue weighted by atomic mass is 32.1. The standard InChI is InChI=1S/C27H40N2O4S/c1-5-7-9-12-26(30)28(16-8-6-2)21-27(31)29(20-23-11-10-18-34-23)17-15-22-13-14-24(32-3)25(19-22)33-4/h10-11,13-14,18-19H,5-9,12,15-17,20-21H2,1-4H3. The Kier molecular flexibility index (Phi) is 12.5. The van der Waals surface area contributed by atoms with E-state index in [1.807, 2.05) is 40.6 Å². The largest absolute Gasteiger partial charge is 0.493 e. The van der Waals surface area contributed by atoms with E-state index in [9.17, 15) is 9.59 Å². The Morgan fingerprint density at radius 1 is 0.882 bits per heavy atom. The normalized spacial score (nSPS) is 10.7. The third-order valence-corrected chi connectivity index (χ3v) is 6.71. The van der Waals surface area contributed by atoms with Gasteiger partial charge in [-0.1, -0.05) is 45.2 Å². The summed E-state index contributed by atoms with van der Waals surface area (Å²) < 4.78 is 10.8. The van der Waals surface area contributed by atoms with Gasteiger partial charge in [-0.05, 0) is 48.4 Å². The third-order valence-electron chi connectivity index (χ3n) is 5.85. The maximum Gasteiger partial charge on any atom is 0.242 e. The number of nitrogens with zero attached hydrogens (tertiary/aromatic N) is 2. The lowest BCUT2D eigenvalue weighted by Crippen LogP contribution is -2.43. The molecule has 6 nitrogen and oxygen atoms in total. The zero-order valence-corrected chi connectivity index (χ0v) is 22.0. The van der Waals surface area contributed by atoms with Gasteiger partial charge < -0.3 is 19.3 Å². The van der Waals surface area contributed by atoms with Gasteiger partial charge in [0.1, 0.15) is 0 Å². The van der Waals surface area contributed by atoms with E-state index in [0.29, 0.717) is 44.0 Å². The van der Waals surface area contributed by atoms with Crippen molar-refractivity contribution in [3.05, 3.63) is 46.2 Å². The first-order valence-electron chi connectivity index (χ1n) is 12.3. The fourth-order valence-corrected chi connectivity index (χ4v) is 4.49. The van der Waals surface area contributed by atoms with Gasteiger partial charge in [0.15, 0.2) is 11.5 Å². The molecular formula is C27H40N2O4S. The first-order chi connectivity index (χ1) is 16.5. The van der Waals surface area contributed by atoms with Gasteiger partial charge in [0.25, 0.3) is 0 Å². The summed E-state index contributed by atoms with van der Waals surface area (Å²) in [5.74, 6) is 1.45. The summed E-state index contributed by atoms with van der Waals surface area (Å²) in [5, 5.41) is 2.02. The molecule has 0 N–H and O–H groups in total. The molecule has 0 saturated carbocycles. The third kappa shape index (κ3) is 9.01. The molecule has 0 atom stereocenters. The molecule has 0 spiro atoms. The minimum Gasteiger partial charge on any atom is -0.493 e. The zero-order chi connectivity index (χ0) is 24.8. The lowest BCUT2D eigenvalue weighted by Gasteiger charge is -2.28. The molecule has 2 aromatic rings. The van der Waals surface area contributed by atoms with Gasteiger partial charge in [-0.3, -0.25) is 9.59 Å². The molecule has 188 valence electrons. The van der Waals surface area contributed by atoms with Crippen molar-refractivity contribution in [3.8, 4) is 11.5 Å². The van der Waals surface area contributed by atoms with Crippen molar-refractivity contribution in [2.24, 2.45) is 0 Å².